The summed E-state index contributed by atoms with van der Waals surface area (Å²) < 4.78 is 5.36. The van der Waals surface area contributed by atoms with E-state index in [2.05, 4.69) is 5.32 Å². The third-order valence-corrected chi connectivity index (χ3v) is 5.14. The van der Waals surface area contributed by atoms with Gasteiger partial charge < -0.3 is 25.4 Å². The fraction of sp³-hybridized carbons (Fsp3) is 0.333. The van der Waals surface area contributed by atoms with Gasteiger partial charge in [-0.15, -0.1) is 0 Å². The van der Waals surface area contributed by atoms with Crippen LogP contribution >= 0.6 is 0 Å². The molecule has 0 radical (unpaired) electrons. The molecule has 0 aromatic rings. The van der Waals surface area contributed by atoms with E-state index in [1.54, 1.807) is 19.1 Å². The summed E-state index contributed by atoms with van der Waals surface area (Å²) in [5, 5.41) is 32.3. The van der Waals surface area contributed by atoms with Gasteiger partial charge in [-0.25, -0.2) is 9.59 Å². The number of amides is 1. The number of fused-ring (bicyclic) bond motifs is 1. The van der Waals surface area contributed by atoms with Crippen LogP contribution in [0, 0.1) is 5.92 Å². The molecule has 0 saturated carbocycles. The highest BCUT2D eigenvalue weighted by Gasteiger charge is 2.68. The number of Topliss-reactive ketones (excluding diaryl/α,β-unsaturated/α-hetero) is 1. The Bertz CT molecular complexity index is 967. The number of rotatable bonds is 5. The highest BCUT2D eigenvalue weighted by molar-refractivity contribution is 6.09. The predicted molar refractivity (Wildman–Crippen MR) is 105 cm³/mol. The molecular formula is C21H23NO8. The maximum Gasteiger partial charge on any atom is 0.333 e. The van der Waals surface area contributed by atoms with E-state index in [9.17, 15) is 29.4 Å². The first kappa shape index (κ1) is 22.7. The topological polar surface area (TPSA) is 150 Å². The molecule has 0 unspecified atom stereocenters. The van der Waals surface area contributed by atoms with Gasteiger partial charge >= 0.3 is 11.9 Å². The summed E-state index contributed by atoms with van der Waals surface area (Å²) in [5.41, 5.74) is -3.93. The molecule has 0 aromatic heterocycles. The molecule has 2 rings (SSSR count). The van der Waals surface area contributed by atoms with Crippen molar-refractivity contribution in [2.45, 2.75) is 38.8 Å². The van der Waals surface area contributed by atoms with Crippen LogP contribution in [0.1, 0.15) is 27.7 Å². The normalized spacial score (nSPS) is 30.9. The van der Waals surface area contributed by atoms with Crippen molar-refractivity contribution < 1.29 is 39.2 Å². The van der Waals surface area contributed by atoms with Crippen LogP contribution < -0.4 is 5.32 Å². The van der Waals surface area contributed by atoms with Gasteiger partial charge in [0.25, 0.3) is 0 Å². The Morgan fingerprint density at radius 1 is 1.10 bits per heavy atom. The number of hydrogen-bond donors (Lipinski definition) is 4. The van der Waals surface area contributed by atoms with Gasteiger partial charge in [-0.3, -0.25) is 9.59 Å². The van der Waals surface area contributed by atoms with Crippen LogP contribution in [-0.2, 0) is 23.9 Å². The highest BCUT2D eigenvalue weighted by atomic mass is 16.6. The second-order valence-corrected chi connectivity index (χ2v) is 7.28. The average Bonchev–Trinajstić information content (AvgIpc) is 2.86. The van der Waals surface area contributed by atoms with Gasteiger partial charge in [0.05, 0.1) is 5.92 Å². The van der Waals surface area contributed by atoms with Crippen molar-refractivity contribution in [3.63, 3.8) is 0 Å². The maximum absolute atomic E-state index is 12.9. The molecule has 0 aromatic carbocycles. The van der Waals surface area contributed by atoms with Crippen LogP contribution in [0.5, 0.6) is 0 Å². The van der Waals surface area contributed by atoms with Crippen molar-refractivity contribution >= 4 is 23.6 Å². The Hall–Kier alpha value is -3.62. The summed E-state index contributed by atoms with van der Waals surface area (Å²) in [4.78, 5) is 48.5. The lowest BCUT2D eigenvalue weighted by atomic mass is 9.65. The Morgan fingerprint density at radius 2 is 1.73 bits per heavy atom. The molecule has 1 aliphatic heterocycles. The number of esters is 1. The quantitative estimate of drug-likeness (QED) is 0.229. The minimum atomic E-state index is -1.88. The molecule has 2 aliphatic rings. The van der Waals surface area contributed by atoms with Gasteiger partial charge in [0.2, 0.25) is 11.7 Å². The van der Waals surface area contributed by atoms with Crippen LogP contribution in [0.15, 0.2) is 59.1 Å². The summed E-state index contributed by atoms with van der Waals surface area (Å²) in [7, 11) is 0. The first-order valence-corrected chi connectivity index (χ1v) is 9.04. The molecule has 1 saturated heterocycles. The third kappa shape index (κ3) is 3.66. The zero-order chi connectivity index (χ0) is 22.9. The summed E-state index contributed by atoms with van der Waals surface area (Å²) in [6.45, 7) is 5.70. The molecule has 0 spiro atoms. The first-order valence-electron chi connectivity index (χ1n) is 9.04. The zero-order valence-corrected chi connectivity index (χ0v) is 16.9. The van der Waals surface area contributed by atoms with Crippen molar-refractivity contribution in [3.05, 3.63) is 59.1 Å². The Balaban J connectivity index is 2.69. The number of hydrogen-bond acceptors (Lipinski definition) is 7. The Labute approximate surface area is 172 Å². The van der Waals surface area contributed by atoms with E-state index in [0.29, 0.717) is 12.2 Å². The van der Waals surface area contributed by atoms with Gasteiger partial charge in [-0.2, -0.15) is 0 Å². The second kappa shape index (κ2) is 8.02. The number of nitrogens with one attached hydrogen (secondary N) is 1. The standard InChI is InChI=1S/C21H23NO8/c1-5-6-7-8-12(23)15-16(27)11(2)18(28)21(4)17(15)20(3,19(29)30-21)22-13(24)9-10-14(25)26/h5-10,17,23,27H,1-4H3,(H,22,24)(H,25,26)/t17-,20+,21+/m1/s1. The van der Waals surface area contributed by atoms with Crippen LogP contribution in [0.25, 0.3) is 0 Å². The lowest BCUT2D eigenvalue weighted by molar-refractivity contribution is -0.157. The molecule has 9 nitrogen and oxygen atoms in total. The number of aliphatic carboxylic acids is 1. The lowest BCUT2D eigenvalue weighted by Gasteiger charge is -2.39. The van der Waals surface area contributed by atoms with E-state index in [1.807, 2.05) is 0 Å². The number of carboxylic acid groups (broad SMARTS) is 1. The van der Waals surface area contributed by atoms with E-state index in [1.165, 1.54) is 32.9 Å². The molecule has 160 valence electrons. The number of carbonyl (C=O) groups excluding carboxylic acids is 3. The number of carboxylic acids is 1. The number of aliphatic hydroxyl groups excluding tert-OH is 2. The van der Waals surface area contributed by atoms with Gasteiger partial charge in [0, 0.05) is 23.3 Å². The first-order chi connectivity index (χ1) is 13.9. The van der Waals surface area contributed by atoms with Crippen LogP contribution in [0.3, 0.4) is 0 Å². The average molecular weight is 417 g/mol. The van der Waals surface area contributed by atoms with Crippen LogP contribution in [0.2, 0.25) is 0 Å². The molecule has 1 aliphatic carbocycles. The lowest BCUT2D eigenvalue weighted by Crippen LogP contribution is -2.59. The minimum absolute atomic E-state index is 0.108. The van der Waals surface area contributed by atoms with Crippen LogP contribution in [0.4, 0.5) is 0 Å². The SMILES string of the molecule is CC=CC=CC(O)=C1C(O)=C(C)C(=O)[C@@]2(C)OC(=O)[C@@](C)(NC(=O)C=CC(=O)O)[C@@H]12. The zero-order valence-electron chi connectivity index (χ0n) is 16.9. The van der Waals surface area contributed by atoms with Crippen molar-refractivity contribution in [1.29, 1.82) is 0 Å². The van der Waals surface area contributed by atoms with Crippen molar-refractivity contribution in [1.82, 2.24) is 5.32 Å². The molecule has 1 amide bonds. The van der Waals surface area contributed by atoms with Crippen molar-refractivity contribution in [2.75, 3.05) is 0 Å². The van der Waals surface area contributed by atoms with E-state index in [4.69, 9.17) is 9.84 Å². The number of carbonyl (C=O) groups is 4. The van der Waals surface area contributed by atoms with Gasteiger partial charge in [0.1, 0.15) is 17.1 Å². The molecular weight excluding hydrogens is 394 g/mol. The number of aliphatic hydroxyl groups is 2. The maximum atomic E-state index is 12.9. The van der Waals surface area contributed by atoms with Crippen molar-refractivity contribution in [2.24, 2.45) is 5.92 Å². The molecule has 3 atom stereocenters. The molecule has 0 bridgehead atoms. The van der Waals surface area contributed by atoms with Gasteiger partial charge in [-0.05, 0) is 33.8 Å². The molecule has 30 heavy (non-hydrogen) atoms. The summed E-state index contributed by atoms with van der Waals surface area (Å²) in [6, 6.07) is 0. The predicted octanol–water partition coefficient (Wildman–Crippen LogP) is 1.79. The molecule has 1 heterocycles. The van der Waals surface area contributed by atoms with Gasteiger partial charge in [0.15, 0.2) is 5.60 Å². The number of allylic oxidation sites excluding steroid dienone is 5. The third-order valence-electron chi connectivity index (χ3n) is 5.14. The summed E-state index contributed by atoms with van der Waals surface area (Å²) >= 11 is 0. The van der Waals surface area contributed by atoms with Crippen molar-refractivity contribution in [3.8, 4) is 0 Å². The highest BCUT2D eigenvalue weighted by Crippen LogP contribution is 2.51. The van der Waals surface area contributed by atoms with E-state index in [0.717, 1.165) is 0 Å². The largest absolute Gasteiger partial charge is 0.508 e. The van der Waals surface area contributed by atoms with E-state index in [-0.39, 0.29) is 11.1 Å². The molecule has 4 N–H and O–H groups in total. The Morgan fingerprint density at radius 3 is 2.30 bits per heavy atom. The fourth-order valence-electron chi connectivity index (χ4n) is 3.77. The van der Waals surface area contributed by atoms with Crippen LogP contribution in [-0.4, -0.2) is 50.1 Å². The Kier molecular flexibility index (Phi) is 6.06. The number of ether oxygens (including phenoxy) is 1. The fourth-order valence-corrected chi connectivity index (χ4v) is 3.77. The summed E-state index contributed by atoms with van der Waals surface area (Å²) in [5.74, 6) is -6.17. The molecule has 1 fully saturated rings. The second-order valence-electron chi connectivity index (χ2n) is 7.28. The van der Waals surface area contributed by atoms with E-state index < -0.39 is 52.2 Å². The minimum Gasteiger partial charge on any atom is -0.508 e. The monoisotopic (exact) mass is 417 g/mol. The molecule has 9 heteroatoms. The van der Waals surface area contributed by atoms with Gasteiger partial charge in [-0.1, -0.05) is 18.2 Å². The van der Waals surface area contributed by atoms with E-state index >= 15 is 0 Å². The smallest absolute Gasteiger partial charge is 0.333 e. The number of ketones is 1. The summed E-state index contributed by atoms with van der Waals surface area (Å²) in [6.07, 6.45) is 7.36.